The fourth-order valence-corrected chi connectivity index (χ4v) is 2.32. The quantitative estimate of drug-likeness (QED) is 0.764. The Morgan fingerprint density at radius 1 is 1.40 bits per heavy atom. The van der Waals surface area contributed by atoms with Gasteiger partial charge in [0.1, 0.15) is 12.2 Å². The molecule has 0 amide bonds. The molecule has 0 saturated heterocycles. The average molecular weight is 298 g/mol. The second-order valence-corrected chi connectivity index (χ2v) is 5.60. The molecular formula is C13H20ClN5O. The Morgan fingerprint density at radius 3 is 2.75 bits per heavy atom. The van der Waals surface area contributed by atoms with Crippen LogP contribution in [0.2, 0.25) is 0 Å². The molecule has 110 valence electrons. The molecule has 0 aromatic carbocycles. The van der Waals surface area contributed by atoms with Gasteiger partial charge in [0, 0.05) is 6.54 Å². The first kappa shape index (κ1) is 15.0. The van der Waals surface area contributed by atoms with Gasteiger partial charge in [-0.05, 0) is 34.0 Å². The Labute approximate surface area is 123 Å². The lowest BCUT2D eigenvalue weighted by molar-refractivity contribution is 0.385. The summed E-state index contributed by atoms with van der Waals surface area (Å²) in [6.07, 6.45) is 2.50. The zero-order valence-electron chi connectivity index (χ0n) is 12.3. The number of imidazole rings is 1. The van der Waals surface area contributed by atoms with E-state index < -0.39 is 0 Å². The van der Waals surface area contributed by atoms with Crippen molar-refractivity contribution in [3.63, 3.8) is 0 Å². The number of halogens is 1. The van der Waals surface area contributed by atoms with E-state index in [0.29, 0.717) is 11.4 Å². The average Bonchev–Trinajstić information content (AvgIpc) is 2.77. The Kier molecular flexibility index (Phi) is 4.77. The third-order valence-corrected chi connectivity index (χ3v) is 3.26. The number of ether oxygens (including phenoxy) is 1. The van der Waals surface area contributed by atoms with Crippen molar-refractivity contribution < 1.29 is 4.74 Å². The van der Waals surface area contributed by atoms with Crippen LogP contribution in [-0.2, 0) is 6.54 Å². The lowest BCUT2D eigenvalue weighted by Gasteiger charge is -2.12. The van der Waals surface area contributed by atoms with E-state index in [9.17, 15) is 0 Å². The summed E-state index contributed by atoms with van der Waals surface area (Å²) >= 11 is 6.23. The molecule has 2 rings (SSSR count). The molecule has 0 aliphatic carbocycles. The summed E-state index contributed by atoms with van der Waals surface area (Å²) in [5.74, 6) is 1.29. The monoisotopic (exact) mass is 297 g/mol. The third kappa shape index (κ3) is 3.02. The van der Waals surface area contributed by atoms with E-state index in [4.69, 9.17) is 16.3 Å². The van der Waals surface area contributed by atoms with Gasteiger partial charge in [-0.25, -0.2) is 9.97 Å². The number of hydrogen-bond acceptors (Lipinski definition) is 5. The molecule has 2 aromatic rings. The van der Waals surface area contributed by atoms with Crippen molar-refractivity contribution in [3.05, 3.63) is 12.2 Å². The Hall–Kier alpha value is -1.40. The summed E-state index contributed by atoms with van der Waals surface area (Å²) in [4.78, 5) is 15.1. The molecule has 0 fully saturated rings. The van der Waals surface area contributed by atoms with Gasteiger partial charge < -0.3 is 14.2 Å². The number of alkyl halides is 1. The van der Waals surface area contributed by atoms with Crippen molar-refractivity contribution in [3.8, 4) is 5.88 Å². The molecule has 0 spiro atoms. The van der Waals surface area contributed by atoms with E-state index in [1.165, 1.54) is 6.33 Å². The highest BCUT2D eigenvalue weighted by atomic mass is 35.5. The normalized spacial score (nSPS) is 13.1. The molecule has 0 N–H and O–H groups in total. The zero-order chi connectivity index (χ0) is 14.7. The largest absolute Gasteiger partial charge is 0.479 e. The van der Waals surface area contributed by atoms with Gasteiger partial charge in [-0.2, -0.15) is 4.98 Å². The lowest BCUT2D eigenvalue weighted by atomic mass is 10.3. The highest BCUT2D eigenvalue weighted by Crippen LogP contribution is 2.27. The lowest BCUT2D eigenvalue weighted by Crippen LogP contribution is -2.16. The van der Waals surface area contributed by atoms with Gasteiger partial charge in [0.15, 0.2) is 11.2 Å². The summed E-state index contributed by atoms with van der Waals surface area (Å²) < 4.78 is 7.30. The zero-order valence-corrected chi connectivity index (χ0v) is 13.1. The number of aromatic nitrogens is 4. The summed E-state index contributed by atoms with van der Waals surface area (Å²) in [5, 5.41) is -0.187. The molecule has 0 radical (unpaired) electrons. The topological polar surface area (TPSA) is 56.1 Å². The highest BCUT2D eigenvalue weighted by molar-refractivity contribution is 6.20. The van der Waals surface area contributed by atoms with Crippen LogP contribution in [0.4, 0.5) is 0 Å². The van der Waals surface area contributed by atoms with Gasteiger partial charge in [0.25, 0.3) is 0 Å². The number of rotatable bonds is 6. The first-order valence-corrected chi connectivity index (χ1v) is 7.02. The number of hydrogen-bond donors (Lipinski definition) is 0. The number of fused-ring (bicyclic) bond motifs is 1. The fraction of sp³-hybridized carbons (Fsp3) is 0.615. The van der Waals surface area contributed by atoms with Crippen molar-refractivity contribution in [2.45, 2.75) is 25.3 Å². The van der Waals surface area contributed by atoms with E-state index in [2.05, 4.69) is 38.5 Å². The minimum atomic E-state index is -0.187. The summed E-state index contributed by atoms with van der Waals surface area (Å²) in [7, 11) is 5.70. The van der Waals surface area contributed by atoms with Crippen LogP contribution >= 0.6 is 11.6 Å². The van der Waals surface area contributed by atoms with Crippen molar-refractivity contribution in [2.75, 3.05) is 27.7 Å². The van der Waals surface area contributed by atoms with Gasteiger partial charge in [-0.1, -0.05) is 0 Å². The van der Waals surface area contributed by atoms with Crippen molar-refractivity contribution >= 4 is 22.8 Å². The Morgan fingerprint density at radius 2 is 2.15 bits per heavy atom. The van der Waals surface area contributed by atoms with Gasteiger partial charge in [-0.15, -0.1) is 11.6 Å². The predicted molar refractivity (Wildman–Crippen MR) is 79.3 cm³/mol. The molecule has 2 heterocycles. The van der Waals surface area contributed by atoms with Crippen LogP contribution in [0, 0.1) is 0 Å². The first-order valence-electron chi connectivity index (χ1n) is 6.58. The maximum atomic E-state index is 6.23. The highest BCUT2D eigenvalue weighted by Gasteiger charge is 2.19. The minimum Gasteiger partial charge on any atom is -0.479 e. The molecule has 0 saturated carbocycles. The molecule has 0 aliphatic rings. The van der Waals surface area contributed by atoms with E-state index in [1.54, 1.807) is 7.11 Å². The summed E-state index contributed by atoms with van der Waals surface area (Å²) in [6.45, 7) is 3.73. The smallest absolute Gasteiger partial charge is 0.245 e. The Bertz CT molecular complexity index is 581. The maximum Gasteiger partial charge on any atom is 0.245 e. The number of methoxy groups -OCH3 is 1. The van der Waals surface area contributed by atoms with Crippen molar-refractivity contribution in [2.24, 2.45) is 0 Å². The van der Waals surface area contributed by atoms with Crippen LogP contribution in [0.15, 0.2) is 6.33 Å². The van der Waals surface area contributed by atoms with Crippen LogP contribution in [-0.4, -0.2) is 52.2 Å². The van der Waals surface area contributed by atoms with Gasteiger partial charge in [-0.3, -0.25) is 0 Å². The first-order chi connectivity index (χ1) is 9.54. The summed E-state index contributed by atoms with van der Waals surface area (Å²) in [5.41, 5.74) is 1.44. The molecular weight excluding hydrogens is 278 g/mol. The van der Waals surface area contributed by atoms with Crippen LogP contribution in [0.5, 0.6) is 5.88 Å². The molecule has 0 bridgehead atoms. The number of aryl methyl sites for hydroxylation is 1. The van der Waals surface area contributed by atoms with Gasteiger partial charge in [0.05, 0.1) is 12.5 Å². The molecule has 0 aliphatic heterocycles. The van der Waals surface area contributed by atoms with Gasteiger partial charge >= 0.3 is 0 Å². The third-order valence-electron chi connectivity index (χ3n) is 3.06. The van der Waals surface area contributed by atoms with E-state index in [-0.39, 0.29) is 5.38 Å². The van der Waals surface area contributed by atoms with E-state index >= 15 is 0 Å². The fourth-order valence-electron chi connectivity index (χ4n) is 2.15. The summed E-state index contributed by atoms with van der Waals surface area (Å²) in [6, 6.07) is 0. The van der Waals surface area contributed by atoms with E-state index in [0.717, 1.165) is 31.0 Å². The molecule has 20 heavy (non-hydrogen) atoms. The van der Waals surface area contributed by atoms with Crippen LogP contribution < -0.4 is 4.74 Å². The second kappa shape index (κ2) is 6.37. The number of nitrogens with zero attached hydrogens (tertiary/aromatic N) is 5. The van der Waals surface area contributed by atoms with Crippen LogP contribution in [0.1, 0.15) is 24.5 Å². The molecule has 7 heteroatoms. The standard InChI is InChI=1S/C13H20ClN5O/c1-9(14)11-17-10-12(15-8-16-13(10)20-4)19(11)7-5-6-18(2)3/h8-9H,5-7H2,1-4H3. The molecule has 1 unspecified atom stereocenters. The molecule has 1 atom stereocenters. The molecule has 2 aromatic heterocycles. The second-order valence-electron chi connectivity index (χ2n) is 4.95. The van der Waals surface area contributed by atoms with Gasteiger partial charge in [0.2, 0.25) is 5.88 Å². The van der Waals surface area contributed by atoms with Crippen LogP contribution in [0.25, 0.3) is 11.2 Å². The maximum absolute atomic E-state index is 6.23. The van der Waals surface area contributed by atoms with E-state index in [1.807, 2.05) is 6.92 Å². The Balaban J connectivity index is 2.41. The van der Waals surface area contributed by atoms with Crippen molar-refractivity contribution in [1.82, 2.24) is 24.4 Å². The SMILES string of the molecule is COc1ncnc2c1nc(C(C)Cl)n2CCCN(C)C. The molecule has 6 nitrogen and oxygen atoms in total. The minimum absolute atomic E-state index is 0.187. The van der Waals surface area contributed by atoms with Crippen LogP contribution in [0.3, 0.4) is 0 Å². The van der Waals surface area contributed by atoms with Crippen molar-refractivity contribution in [1.29, 1.82) is 0 Å². The predicted octanol–water partition coefficient (Wildman–Crippen LogP) is 2.09.